The number of amides is 2. The number of aliphatic hydroxyl groups excluding tert-OH is 1. The largest absolute Gasteiger partial charge is 0.373 e. The number of hydrogen-bond acceptors (Lipinski definition) is 4. The van der Waals surface area contributed by atoms with Crippen LogP contribution in [0.25, 0.3) is 11.1 Å². The minimum Gasteiger partial charge on any atom is -0.373 e. The summed E-state index contributed by atoms with van der Waals surface area (Å²) < 4.78 is 15.2. The zero-order chi connectivity index (χ0) is 21.8. The highest BCUT2D eigenvalue weighted by atomic mass is 35.5. The van der Waals surface area contributed by atoms with Gasteiger partial charge in [0.2, 0.25) is 11.8 Å². The molecule has 1 spiro atoms. The van der Waals surface area contributed by atoms with Crippen LogP contribution in [-0.2, 0) is 9.59 Å². The van der Waals surface area contributed by atoms with E-state index in [0.29, 0.717) is 41.0 Å². The SMILES string of the molecule is O=C1CCC(c2cccc(-c3cnc(N4C(=O)CCCC45CC5)c(F)c3)c2Cl)C(O)N1. The van der Waals surface area contributed by atoms with Crippen molar-refractivity contribution in [1.82, 2.24) is 10.3 Å². The van der Waals surface area contributed by atoms with Crippen molar-refractivity contribution in [3.63, 3.8) is 0 Å². The number of aromatic nitrogens is 1. The number of piperidine rings is 2. The summed E-state index contributed by atoms with van der Waals surface area (Å²) in [6.07, 6.45) is 5.21. The molecular weight excluding hydrogens is 421 g/mol. The number of halogens is 2. The van der Waals surface area contributed by atoms with Gasteiger partial charge in [0, 0.05) is 41.6 Å². The fourth-order valence-electron chi connectivity index (χ4n) is 4.93. The summed E-state index contributed by atoms with van der Waals surface area (Å²) in [6.45, 7) is 0. The third-order valence-electron chi connectivity index (χ3n) is 6.73. The Morgan fingerprint density at radius 3 is 2.74 bits per heavy atom. The normalized spacial score (nSPS) is 24.9. The second-order valence-corrected chi connectivity index (χ2v) is 9.08. The molecule has 2 atom stereocenters. The van der Waals surface area contributed by atoms with Crippen LogP contribution in [0.5, 0.6) is 0 Å². The van der Waals surface area contributed by atoms with Gasteiger partial charge in [0.05, 0.1) is 5.02 Å². The van der Waals surface area contributed by atoms with Gasteiger partial charge in [0.25, 0.3) is 0 Å². The summed E-state index contributed by atoms with van der Waals surface area (Å²) in [5.41, 5.74) is 1.52. The summed E-state index contributed by atoms with van der Waals surface area (Å²) in [6, 6.07) is 6.73. The highest BCUT2D eigenvalue weighted by molar-refractivity contribution is 6.34. The van der Waals surface area contributed by atoms with Crippen LogP contribution in [0.4, 0.5) is 10.2 Å². The van der Waals surface area contributed by atoms with Crippen molar-refractivity contribution in [2.24, 2.45) is 0 Å². The molecule has 2 aromatic rings. The van der Waals surface area contributed by atoms with Gasteiger partial charge in [-0.25, -0.2) is 9.37 Å². The Kier molecular flexibility index (Phi) is 4.98. The van der Waals surface area contributed by atoms with E-state index in [2.05, 4.69) is 10.3 Å². The van der Waals surface area contributed by atoms with E-state index in [0.717, 1.165) is 25.7 Å². The Bertz CT molecular complexity index is 1070. The van der Waals surface area contributed by atoms with Crippen LogP contribution in [0.2, 0.25) is 5.02 Å². The molecule has 31 heavy (non-hydrogen) atoms. The smallest absolute Gasteiger partial charge is 0.228 e. The molecule has 1 saturated carbocycles. The number of hydrogen-bond donors (Lipinski definition) is 2. The summed E-state index contributed by atoms with van der Waals surface area (Å²) in [7, 11) is 0. The van der Waals surface area contributed by atoms with Gasteiger partial charge in [-0.05, 0) is 43.7 Å². The first-order chi connectivity index (χ1) is 14.9. The van der Waals surface area contributed by atoms with Gasteiger partial charge in [-0.15, -0.1) is 0 Å². The minimum absolute atomic E-state index is 0.0729. The quantitative estimate of drug-likeness (QED) is 0.753. The Labute approximate surface area is 184 Å². The lowest BCUT2D eigenvalue weighted by Gasteiger charge is -2.35. The first-order valence-electron chi connectivity index (χ1n) is 10.6. The van der Waals surface area contributed by atoms with Gasteiger partial charge < -0.3 is 10.4 Å². The highest BCUT2D eigenvalue weighted by Crippen LogP contribution is 2.50. The Balaban J connectivity index is 1.48. The predicted octanol–water partition coefficient (Wildman–Crippen LogP) is 3.90. The van der Waals surface area contributed by atoms with Gasteiger partial charge in [-0.1, -0.05) is 29.8 Å². The van der Waals surface area contributed by atoms with Crippen molar-refractivity contribution >= 4 is 29.2 Å². The second-order valence-electron chi connectivity index (χ2n) is 8.70. The second kappa shape index (κ2) is 7.57. The first kappa shape index (κ1) is 20.4. The summed E-state index contributed by atoms with van der Waals surface area (Å²) in [5.74, 6) is -1.08. The molecule has 2 unspecified atom stereocenters. The molecule has 2 saturated heterocycles. The molecule has 2 aliphatic heterocycles. The van der Waals surface area contributed by atoms with Gasteiger partial charge >= 0.3 is 0 Å². The minimum atomic E-state index is -1.02. The van der Waals surface area contributed by atoms with E-state index < -0.39 is 12.0 Å². The van der Waals surface area contributed by atoms with E-state index in [-0.39, 0.29) is 29.1 Å². The lowest BCUT2D eigenvalue weighted by molar-refractivity contribution is -0.127. The average molecular weight is 444 g/mol. The number of nitrogens with zero attached hydrogens (tertiary/aromatic N) is 2. The number of nitrogens with one attached hydrogen (secondary N) is 1. The van der Waals surface area contributed by atoms with Crippen molar-refractivity contribution in [3.05, 3.63) is 46.9 Å². The average Bonchev–Trinajstić information content (AvgIpc) is 3.49. The zero-order valence-electron chi connectivity index (χ0n) is 16.9. The standard InChI is InChI=1S/C23H23ClFN3O3/c24-20-14(3-1-4-15(20)16-6-7-18(29)27-22(16)31)13-11-17(25)21(26-12-13)28-19(30)5-2-8-23(28)9-10-23/h1,3-4,11-12,16,22,31H,2,5-10H2,(H,27,29). The molecule has 3 fully saturated rings. The van der Waals surface area contributed by atoms with E-state index in [1.807, 2.05) is 0 Å². The number of rotatable bonds is 3. The van der Waals surface area contributed by atoms with E-state index in [4.69, 9.17) is 11.6 Å². The molecule has 0 bridgehead atoms. The molecular formula is C23H23ClFN3O3. The monoisotopic (exact) mass is 443 g/mol. The van der Waals surface area contributed by atoms with Crippen LogP contribution >= 0.6 is 11.6 Å². The van der Waals surface area contributed by atoms with Crippen LogP contribution < -0.4 is 10.2 Å². The molecule has 2 N–H and O–H groups in total. The number of carbonyl (C=O) groups is 2. The zero-order valence-corrected chi connectivity index (χ0v) is 17.7. The molecule has 3 aliphatic rings. The molecule has 2 amide bonds. The number of anilines is 1. The Hall–Kier alpha value is -2.51. The predicted molar refractivity (Wildman–Crippen MR) is 114 cm³/mol. The number of benzene rings is 1. The van der Waals surface area contributed by atoms with E-state index >= 15 is 4.39 Å². The van der Waals surface area contributed by atoms with Crippen molar-refractivity contribution in [3.8, 4) is 11.1 Å². The molecule has 8 heteroatoms. The third kappa shape index (κ3) is 3.49. The molecule has 1 aromatic carbocycles. The number of pyridine rings is 1. The van der Waals surface area contributed by atoms with Gasteiger partial charge in [-0.2, -0.15) is 0 Å². The summed E-state index contributed by atoms with van der Waals surface area (Å²) in [4.78, 5) is 29.9. The van der Waals surface area contributed by atoms with Crippen LogP contribution in [0.3, 0.4) is 0 Å². The van der Waals surface area contributed by atoms with Crippen LogP contribution in [0, 0.1) is 5.82 Å². The van der Waals surface area contributed by atoms with Crippen LogP contribution in [-0.4, -0.2) is 33.7 Å². The maximum absolute atomic E-state index is 15.2. The highest BCUT2D eigenvalue weighted by Gasteiger charge is 2.53. The van der Waals surface area contributed by atoms with Gasteiger partial charge in [0.15, 0.2) is 11.6 Å². The van der Waals surface area contributed by atoms with Crippen molar-refractivity contribution in [2.45, 2.75) is 62.6 Å². The Morgan fingerprint density at radius 2 is 2.03 bits per heavy atom. The van der Waals surface area contributed by atoms with Gasteiger partial charge in [-0.3, -0.25) is 14.5 Å². The topological polar surface area (TPSA) is 82.5 Å². The third-order valence-corrected chi connectivity index (χ3v) is 7.15. The van der Waals surface area contributed by atoms with Crippen LogP contribution in [0.1, 0.15) is 56.4 Å². The fourth-order valence-corrected chi connectivity index (χ4v) is 5.30. The van der Waals surface area contributed by atoms with Crippen LogP contribution in [0.15, 0.2) is 30.5 Å². The molecule has 3 heterocycles. The molecule has 5 rings (SSSR count). The molecule has 6 nitrogen and oxygen atoms in total. The Morgan fingerprint density at radius 1 is 1.23 bits per heavy atom. The fraction of sp³-hybridized carbons (Fsp3) is 0.435. The number of carbonyl (C=O) groups excluding carboxylic acids is 2. The van der Waals surface area contributed by atoms with Crippen molar-refractivity contribution in [2.75, 3.05) is 4.90 Å². The van der Waals surface area contributed by atoms with Crippen molar-refractivity contribution in [1.29, 1.82) is 0 Å². The summed E-state index contributed by atoms with van der Waals surface area (Å²) >= 11 is 6.66. The van der Waals surface area contributed by atoms with E-state index in [1.165, 1.54) is 6.07 Å². The van der Waals surface area contributed by atoms with E-state index in [9.17, 15) is 14.7 Å². The lowest BCUT2D eigenvalue weighted by Crippen LogP contribution is -2.46. The molecule has 0 radical (unpaired) electrons. The first-order valence-corrected chi connectivity index (χ1v) is 11.0. The molecule has 1 aromatic heterocycles. The van der Waals surface area contributed by atoms with E-state index in [1.54, 1.807) is 29.3 Å². The molecule has 162 valence electrons. The maximum atomic E-state index is 15.2. The molecule has 1 aliphatic carbocycles. The number of aliphatic hydroxyl groups is 1. The maximum Gasteiger partial charge on any atom is 0.228 e. The lowest BCUT2D eigenvalue weighted by atomic mass is 9.88. The van der Waals surface area contributed by atoms with Gasteiger partial charge in [0.1, 0.15) is 6.23 Å². The summed E-state index contributed by atoms with van der Waals surface area (Å²) in [5, 5.41) is 13.2. The van der Waals surface area contributed by atoms with Crippen molar-refractivity contribution < 1.29 is 19.1 Å².